The first-order valence-electron chi connectivity index (χ1n) is 5.29. The molecular weight excluding hydrogens is 222 g/mol. The zero-order chi connectivity index (χ0) is 11.5. The molecule has 0 saturated carbocycles. The van der Waals surface area contributed by atoms with Crippen LogP contribution in [0.5, 0.6) is 0 Å². The van der Waals surface area contributed by atoms with Crippen molar-refractivity contribution in [3.05, 3.63) is 22.7 Å². The number of hydrogen-bond acceptors (Lipinski definition) is 5. The number of thiazole rings is 1. The van der Waals surface area contributed by atoms with Crippen LogP contribution in [0.2, 0.25) is 0 Å². The van der Waals surface area contributed by atoms with Crippen LogP contribution < -0.4 is 5.73 Å². The van der Waals surface area contributed by atoms with Crippen LogP contribution >= 0.6 is 11.3 Å². The summed E-state index contributed by atoms with van der Waals surface area (Å²) in [6.45, 7) is 5.07. The minimum atomic E-state index is 0.605. The van der Waals surface area contributed by atoms with E-state index in [1.807, 2.05) is 12.3 Å². The van der Waals surface area contributed by atoms with E-state index in [0.717, 1.165) is 30.3 Å². The van der Waals surface area contributed by atoms with Gasteiger partial charge in [0.15, 0.2) is 5.13 Å². The minimum Gasteiger partial charge on any atom is -0.375 e. The normalized spacial score (nSPS) is 10.9. The molecule has 0 aliphatic heterocycles. The molecule has 0 amide bonds. The van der Waals surface area contributed by atoms with Gasteiger partial charge in [0.05, 0.1) is 12.1 Å². The smallest absolute Gasteiger partial charge is 0.180 e. The summed E-state index contributed by atoms with van der Waals surface area (Å²) in [5.41, 5.74) is 6.56. The highest BCUT2D eigenvalue weighted by atomic mass is 32.1. The molecule has 0 unspecified atom stereocenters. The third-order valence-electron chi connectivity index (χ3n) is 2.37. The molecule has 0 aliphatic rings. The molecule has 0 bridgehead atoms. The highest BCUT2D eigenvalue weighted by molar-refractivity contribution is 7.13. The summed E-state index contributed by atoms with van der Waals surface area (Å²) < 4.78 is 2.13. The summed E-state index contributed by atoms with van der Waals surface area (Å²) in [4.78, 5) is 4.23. The molecule has 0 fully saturated rings. The van der Waals surface area contributed by atoms with E-state index in [2.05, 4.69) is 26.7 Å². The summed E-state index contributed by atoms with van der Waals surface area (Å²) in [6, 6.07) is 0. The lowest BCUT2D eigenvalue weighted by molar-refractivity contribution is 0.629. The van der Waals surface area contributed by atoms with Crippen LogP contribution in [0.25, 0.3) is 0 Å². The van der Waals surface area contributed by atoms with Crippen molar-refractivity contribution in [2.24, 2.45) is 0 Å². The van der Waals surface area contributed by atoms with Crippen LogP contribution in [0.4, 0.5) is 5.13 Å². The number of hydrogen-bond donors (Lipinski definition) is 1. The average molecular weight is 237 g/mol. The van der Waals surface area contributed by atoms with Gasteiger partial charge in [-0.25, -0.2) is 4.98 Å². The van der Waals surface area contributed by atoms with Gasteiger partial charge in [-0.05, 0) is 13.3 Å². The summed E-state index contributed by atoms with van der Waals surface area (Å²) in [5, 5.41) is 10.8. The first-order valence-corrected chi connectivity index (χ1v) is 6.17. The molecule has 2 rings (SSSR count). The fraction of sp³-hybridized carbons (Fsp3) is 0.500. The fourth-order valence-electron chi connectivity index (χ4n) is 1.64. The summed E-state index contributed by atoms with van der Waals surface area (Å²) in [6.07, 6.45) is 1.78. The number of aromatic nitrogens is 4. The minimum absolute atomic E-state index is 0.605. The van der Waals surface area contributed by atoms with Crippen LogP contribution in [0.1, 0.15) is 30.7 Å². The van der Waals surface area contributed by atoms with E-state index in [1.165, 1.54) is 11.3 Å². The van der Waals surface area contributed by atoms with Gasteiger partial charge in [-0.1, -0.05) is 6.92 Å². The van der Waals surface area contributed by atoms with Crippen molar-refractivity contribution < 1.29 is 0 Å². The van der Waals surface area contributed by atoms with Crippen molar-refractivity contribution in [1.29, 1.82) is 0 Å². The molecule has 86 valence electrons. The molecular formula is C10H15N5S. The second-order valence-electron chi connectivity index (χ2n) is 3.67. The molecule has 0 spiro atoms. The highest BCUT2D eigenvalue weighted by Gasteiger charge is 2.10. The van der Waals surface area contributed by atoms with Gasteiger partial charge in [-0.2, -0.15) is 0 Å². The van der Waals surface area contributed by atoms with Crippen molar-refractivity contribution >= 4 is 16.5 Å². The molecule has 2 N–H and O–H groups in total. The van der Waals surface area contributed by atoms with Crippen molar-refractivity contribution in [3.8, 4) is 0 Å². The van der Waals surface area contributed by atoms with Crippen molar-refractivity contribution in [2.45, 2.75) is 33.2 Å². The molecule has 0 radical (unpaired) electrons. The van der Waals surface area contributed by atoms with E-state index in [0.29, 0.717) is 11.6 Å². The van der Waals surface area contributed by atoms with Gasteiger partial charge >= 0.3 is 0 Å². The van der Waals surface area contributed by atoms with Crippen LogP contribution in [0, 0.1) is 6.92 Å². The lowest BCUT2D eigenvalue weighted by atomic mass is 10.3. The standard InChI is InChI=1S/C10H15N5S/c1-3-4-15-7(2)13-14-9(15)5-8-6-16-10(11)12-8/h6H,3-5H2,1-2H3,(H2,11,12). The van der Waals surface area contributed by atoms with Crippen molar-refractivity contribution in [1.82, 2.24) is 19.7 Å². The third-order valence-corrected chi connectivity index (χ3v) is 3.09. The second kappa shape index (κ2) is 4.61. The van der Waals surface area contributed by atoms with E-state index < -0.39 is 0 Å². The molecule has 5 nitrogen and oxygen atoms in total. The van der Waals surface area contributed by atoms with Crippen LogP contribution in [-0.2, 0) is 13.0 Å². The molecule has 2 aromatic rings. The topological polar surface area (TPSA) is 69.6 Å². The molecule has 0 aromatic carbocycles. The first kappa shape index (κ1) is 11.1. The second-order valence-corrected chi connectivity index (χ2v) is 4.56. The van der Waals surface area contributed by atoms with Gasteiger partial charge < -0.3 is 10.3 Å². The molecule has 0 saturated heterocycles. The predicted octanol–water partition coefficient (Wildman–Crippen LogP) is 1.63. The largest absolute Gasteiger partial charge is 0.375 e. The Hall–Kier alpha value is -1.43. The Morgan fingerprint density at radius 1 is 1.44 bits per heavy atom. The molecule has 2 heterocycles. The lowest BCUT2D eigenvalue weighted by Gasteiger charge is -2.05. The SMILES string of the molecule is CCCn1c(C)nnc1Cc1csc(N)n1. The number of rotatable bonds is 4. The average Bonchev–Trinajstić information content (AvgIpc) is 2.79. The van der Waals surface area contributed by atoms with Crippen LogP contribution in [-0.4, -0.2) is 19.7 Å². The van der Waals surface area contributed by atoms with Gasteiger partial charge in [-0.3, -0.25) is 0 Å². The number of nitrogen functional groups attached to an aromatic ring is 1. The molecule has 0 atom stereocenters. The molecule has 2 aromatic heterocycles. The van der Waals surface area contributed by atoms with Gasteiger partial charge in [-0.15, -0.1) is 21.5 Å². The Balaban J connectivity index is 2.20. The van der Waals surface area contributed by atoms with Crippen LogP contribution in [0.15, 0.2) is 5.38 Å². The number of anilines is 1. The lowest BCUT2D eigenvalue weighted by Crippen LogP contribution is -2.06. The van der Waals surface area contributed by atoms with E-state index in [1.54, 1.807) is 0 Å². The van der Waals surface area contributed by atoms with Crippen molar-refractivity contribution in [2.75, 3.05) is 5.73 Å². The Kier molecular flexibility index (Phi) is 3.19. The Bertz CT molecular complexity index is 473. The van der Waals surface area contributed by atoms with Gasteiger partial charge in [0.1, 0.15) is 11.6 Å². The van der Waals surface area contributed by atoms with Crippen LogP contribution in [0.3, 0.4) is 0 Å². The Morgan fingerprint density at radius 2 is 2.25 bits per heavy atom. The van der Waals surface area contributed by atoms with Crippen molar-refractivity contribution in [3.63, 3.8) is 0 Å². The maximum Gasteiger partial charge on any atom is 0.180 e. The first-order chi connectivity index (χ1) is 7.70. The molecule has 16 heavy (non-hydrogen) atoms. The van der Waals surface area contributed by atoms with E-state index in [4.69, 9.17) is 5.73 Å². The Morgan fingerprint density at radius 3 is 2.88 bits per heavy atom. The quantitative estimate of drug-likeness (QED) is 0.877. The third kappa shape index (κ3) is 2.21. The van der Waals surface area contributed by atoms with E-state index in [9.17, 15) is 0 Å². The molecule has 6 heteroatoms. The van der Waals surface area contributed by atoms with Gasteiger partial charge in [0.25, 0.3) is 0 Å². The summed E-state index contributed by atoms with van der Waals surface area (Å²) in [5.74, 6) is 1.92. The number of aryl methyl sites for hydroxylation is 1. The Labute approximate surface area is 98.3 Å². The van der Waals surface area contributed by atoms with E-state index in [-0.39, 0.29) is 0 Å². The zero-order valence-electron chi connectivity index (χ0n) is 9.47. The highest BCUT2D eigenvalue weighted by Crippen LogP contribution is 2.15. The number of nitrogens with two attached hydrogens (primary N) is 1. The zero-order valence-corrected chi connectivity index (χ0v) is 10.3. The predicted molar refractivity (Wildman–Crippen MR) is 64.4 cm³/mol. The van der Waals surface area contributed by atoms with E-state index >= 15 is 0 Å². The summed E-state index contributed by atoms with van der Waals surface area (Å²) in [7, 11) is 0. The van der Waals surface area contributed by atoms with Gasteiger partial charge in [0, 0.05) is 11.9 Å². The maximum atomic E-state index is 5.60. The number of nitrogens with zero attached hydrogens (tertiary/aromatic N) is 4. The fourth-order valence-corrected chi connectivity index (χ4v) is 2.20. The molecule has 0 aliphatic carbocycles. The monoisotopic (exact) mass is 237 g/mol. The van der Waals surface area contributed by atoms with Gasteiger partial charge in [0.2, 0.25) is 0 Å². The maximum absolute atomic E-state index is 5.60. The summed E-state index contributed by atoms with van der Waals surface area (Å²) >= 11 is 1.46.